The fourth-order valence-electron chi connectivity index (χ4n) is 2.64. The van der Waals surface area contributed by atoms with Crippen molar-refractivity contribution in [3.63, 3.8) is 0 Å². The van der Waals surface area contributed by atoms with Gasteiger partial charge in [0.1, 0.15) is 5.75 Å². The fourth-order valence-corrected chi connectivity index (χ4v) is 2.64. The van der Waals surface area contributed by atoms with Crippen molar-refractivity contribution in [2.75, 3.05) is 23.9 Å². The van der Waals surface area contributed by atoms with Crippen LogP contribution in [0.4, 0.5) is 11.5 Å². The number of carbonyl (C=O) groups is 2. The number of anilines is 2. The Bertz CT molecular complexity index is 806. The van der Waals surface area contributed by atoms with Crippen LogP contribution < -0.4 is 19.7 Å². The first-order chi connectivity index (χ1) is 12.0. The van der Waals surface area contributed by atoms with Crippen molar-refractivity contribution in [1.29, 1.82) is 0 Å². The molecule has 3 rings (SSSR count). The molecule has 0 aliphatic carbocycles. The molecule has 7 nitrogen and oxygen atoms in total. The van der Waals surface area contributed by atoms with Crippen LogP contribution in [0.3, 0.4) is 0 Å². The average molecular weight is 341 g/mol. The van der Waals surface area contributed by atoms with Gasteiger partial charge in [0.15, 0.2) is 11.6 Å². The molecule has 1 N–H and O–H groups in total. The predicted octanol–water partition coefficient (Wildman–Crippen LogP) is 2.23. The molecule has 1 unspecified atom stereocenters. The summed E-state index contributed by atoms with van der Waals surface area (Å²) in [6.45, 7) is 3.67. The molecular weight excluding hydrogens is 322 g/mol. The van der Waals surface area contributed by atoms with E-state index in [-0.39, 0.29) is 0 Å². The Morgan fingerprint density at radius 3 is 2.68 bits per heavy atom. The van der Waals surface area contributed by atoms with Gasteiger partial charge in [-0.1, -0.05) is 0 Å². The van der Waals surface area contributed by atoms with Crippen LogP contribution in [-0.2, 0) is 9.59 Å². The third kappa shape index (κ3) is 2.88. The van der Waals surface area contributed by atoms with Gasteiger partial charge in [-0.25, -0.2) is 4.98 Å². The van der Waals surface area contributed by atoms with Gasteiger partial charge in [-0.05, 0) is 50.2 Å². The molecule has 1 aliphatic heterocycles. The summed E-state index contributed by atoms with van der Waals surface area (Å²) < 4.78 is 10.8. The van der Waals surface area contributed by atoms with Gasteiger partial charge in [0.25, 0.3) is 17.4 Å². The summed E-state index contributed by atoms with van der Waals surface area (Å²) in [6.07, 6.45) is 1.58. The van der Waals surface area contributed by atoms with E-state index < -0.39 is 17.4 Å². The first kappa shape index (κ1) is 16.8. The Morgan fingerprint density at radius 1 is 1.32 bits per heavy atom. The number of rotatable bonds is 4. The van der Waals surface area contributed by atoms with Gasteiger partial charge in [-0.3, -0.25) is 14.5 Å². The highest BCUT2D eigenvalue weighted by molar-refractivity contribution is 6.19. The van der Waals surface area contributed by atoms with Gasteiger partial charge >= 0.3 is 0 Å². The minimum Gasteiger partial charge on any atom is -0.497 e. The number of likely N-dealkylation sites (N-methyl/N-ethyl adjacent to an activating group) is 1. The van der Waals surface area contributed by atoms with Crippen LogP contribution in [-0.4, -0.2) is 36.1 Å². The van der Waals surface area contributed by atoms with E-state index in [9.17, 15) is 9.59 Å². The van der Waals surface area contributed by atoms with Crippen LogP contribution in [0.15, 0.2) is 42.6 Å². The topological polar surface area (TPSA) is 80.8 Å². The molecule has 2 amide bonds. The molecule has 2 aromatic rings. The average Bonchev–Trinajstić information content (AvgIpc) is 2.63. The lowest BCUT2D eigenvalue weighted by Crippen LogP contribution is -2.60. The van der Waals surface area contributed by atoms with Gasteiger partial charge in [0.05, 0.1) is 7.11 Å². The van der Waals surface area contributed by atoms with Crippen LogP contribution in [0.5, 0.6) is 11.5 Å². The maximum atomic E-state index is 12.9. The number of methoxy groups -OCH3 is 1. The van der Waals surface area contributed by atoms with Crippen LogP contribution in [0, 0.1) is 0 Å². The zero-order valence-corrected chi connectivity index (χ0v) is 14.3. The molecule has 0 fully saturated rings. The summed E-state index contributed by atoms with van der Waals surface area (Å²) >= 11 is 0. The second-order valence-corrected chi connectivity index (χ2v) is 5.69. The number of nitrogens with one attached hydrogen (secondary N) is 1. The van der Waals surface area contributed by atoms with Crippen molar-refractivity contribution in [2.45, 2.75) is 19.4 Å². The van der Waals surface area contributed by atoms with E-state index in [1.165, 1.54) is 11.8 Å². The molecule has 130 valence electrons. The highest BCUT2D eigenvalue weighted by atomic mass is 16.5. The summed E-state index contributed by atoms with van der Waals surface area (Å²) in [4.78, 5) is 31.3. The van der Waals surface area contributed by atoms with Crippen LogP contribution in [0.1, 0.15) is 13.8 Å². The number of nitrogens with zero attached hydrogens (tertiary/aromatic N) is 2. The minimum atomic E-state index is -1.67. The molecule has 0 radical (unpaired) electrons. The lowest BCUT2D eigenvalue weighted by Gasteiger charge is -2.38. The van der Waals surface area contributed by atoms with Gasteiger partial charge in [-0.15, -0.1) is 0 Å². The lowest BCUT2D eigenvalue weighted by atomic mass is 10.0. The van der Waals surface area contributed by atoms with E-state index in [2.05, 4.69) is 10.3 Å². The van der Waals surface area contributed by atoms with Crippen molar-refractivity contribution in [1.82, 2.24) is 4.98 Å². The number of pyridine rings is 1. The Labute approximate surface area is 145 Å². The molecule has 2 heterocycles. The normalized spacial score (nSPS) is 19.0. The number of fused-ring (bicyclic) bond motifs is 1. The predicted molar refractivity (Wildman–Crippen MR) is 92.9 cm³/mol. The number of carbonyl (C=O) groups excluding carboxylic acids is 2. The van der Waals surface area contributed by atoms with Crippen molar-refractivity contribution in [3.8, 4) is 11.5 Å². The summed E-state index contributed by atoms with van der Waals surface area (Å²) in [7, 11) is 1.56. The van der Waals surface area contributed by atoms with E-state index in [1.54, 1.807) is 49.7 Å². The molecule has 1 aliphatic rings. The Balaban J connectivity index is 1.89. The van der Waals surface area contributed by atoms with Crippen molar-refractivity contribution >= 4 is 23.3 Å². The fraction of sp³-hybridized carbons (Fsp3) is 0.278. The molecule has 1 aromatic carbocycles. The molecule has 1 aromatic heterocycles. The third-order valence-electron chi connectivity index (χ3n) is 4.07. The molecule has 0 bridgehead atoms. The number of aromatic nitrogens is 1. The Kier molecular flexibility index (Phi) is 4.31. The summed E-state index contributed by atoms with van der Waals surface area (Å²) in [5.41, 5.74) is -1.13. The zero-order valence-electron chi connectivity index (χ0n) is 14.3. The molecule has 0 saturated carbocycles. The van der Waals surface area contributed by atoms with Crippen LogP contribution in [0.25, 0.3) is 0 Å². The summed E-state index contributed by atoms with van der Waals surface area (Å²) in [6, 6.07) is 10.2. The van der Waals surface area contributed by atoms with Gasteiger partial charge in [0, 0.05) is 18.4 Å². The van der Waals surface area contributed by atoms with E-state index >= 15 is 0 Å². The monoisotopic (exact) mass is 341 g/mol. The number of amides is 2. The second kappa shape index (κ2) is 6.43. The highest BCUT2D eigenvalue weighted by Gasteiger charge is 2.50. The lowest BCUT2D eigenvalue weighted by molar-refractivity contribution is -0.145. The molecule has 25 heavy (non-hydrogen) atoms. The molecule has 7 heteroatoms. The zero-order chi connectivity index (χ0) is 18.0. The smallest absolute Gasteiger partial charge is 0.282 e. The number of ether oxygens (including phenoxy) is 2. The summed E-state index contributed by atoms with van der Waals surface area (Å²) in [5.74, 6) is 0.496. The minimum absolute atomic E-state index is 0.387. The Hall–Kier alpha value is -3.09. The molecule has 1 atom stereocenters. The Morgan fingerprint density at radius 2 is 2.04 bits per heavy atom. The van der Waals surface area contributed by atoms with Crippen molar-refractivity contribution in [2.24, 2.45) is 0 Å². The SMILES string of the molecule is CCN1C(=O)C(C)(C(=O)Nc2ccc(OC)cc2)Oc2cccnc21. The second-order valence-electron chi connectivity index (χ2n) is 5.69. The number of hydrogen-bond donors (Lipinski definition) is 1. The maximum absolute atomic E-state index is 12.9. The maximum Gasteiger partial charge on any atom is 0.282 e. The van der Waals surface area contributed by atoms with Gasteiger partial charge in [0.2, 0.25) is 0 Å². The van der Waals surface area contributed by atoms with E-state index in [0.717, 1.165) is 0 Å². The van der Waals surface area contributed by atoms with E-state index in [1.807, 2.05) is 6.92 Å². The molecular formula is C18H19N3O4. The largest absolute Gasteiger partial charge is 0.497 e. The first-order valence-corrected chi connectivity index (χ1v) is 7.91. The van der Waals surface area contributed by atoms with Crippen LogP contribution >= 0.6 is 0 Å². The van der Waals surface area contributed by atoms with E-state index in [4.69, 9.17) is 9.47 Å². The quantitative estimate of drug-likeness (QED) is 0.863. The summed E-state index contributed by atoms with van der Waals surface area (Å²) in [5, 5.41) is 2.72. The van der Waals surface area contributed by atoms with Gasteiger partial charge < -0.3 is 14.8 Å². The standard InChI is InChI=1S/C18H19N3O4/c1-4-21-15-14(6-5-11-19-15)25-18(2,17(21)23)16(22)20-12-7-9-13(24-3)10-8-12/h5-11H,4H2,1-3H3,(H,20,22). The van der Waals surface area contributed by atoms with Crippen LogP contribution in [0.2, 0.25) is 0 Å². The molecule has 0 saturated heterocycles. The van der Waals surface area contributed by atoms with Crippen molar-refractivity contribution in [3.05, 3.63) is 42.6 Å². The molecule has 0 spiro atoms. The van der Waals surface area contributed by atoms with Gasteiger partial charge in [-0.2, -0.15) is 0 Å². The number of benzene rings is 1. The van der Waals surface area contributed by atoms with E-state index in [0.29, 0.717) is 29.5 Å². The third-order valence-corrected chi connectivity index (χ3v) is 4.07. The number of hydrogen-bond acceptors (Lipinski definition) is 5. The highest BCUT2D eigenvalue weighted by Crippen LogP contribution is 2.36. The van der Waals surface area contributed by atoms with Crippen molar-refractivity contribution < 1.29 is 19.1 Å². The first-order valence-electron chi connectivity index (χ1n) is 7.91.